The van der Waals surface area contributed by atoms with Crippen molar-refractivity contribution < 1.29 is 9.84 Å². The molecule has 2 nitrogen and oxygen atoms in total. The van der Waals surface area contributed by atoms with Crippen molar-refractivity contribution >= 4 is 15.9 Å². The predicted octanol–water partition coefficient (Wildman–Crippen LogP) is 3.65. The quantitative estimate of drug-likeness (QED) is 0.860. The van der Waals surface area contributed by atoms with Crippen molar-refractivity contribution in [3.8, 4) is 5.75 Å². The van der Waals surface area contributed by atoms with E-state index < -0.39 is 0 Å². The molecule has 1 aromatic carbocycles. The van der Waals surface area contributed by atoms with Crippen LogP contribution in [0.25, 0.3) is 0 Å². The van der Waals surface area contributed by atoms with Gasteiger partial charge in [0.05, 0.1) is 11.6 Å². The number of rotatable bonds is 4. The molecule has 1 N–H and O–H groups in total. The second kappa shape index (κ2) is 6.58. The first-order valence-corrected chi connectivity index (χ1v) is 7.55. The van der Waals surface area contributed by atoms with Crippen molar-refractivity contribution in [1.82, 2.24) is 0 Å². The Balaban J connectivity index is 2.46. The van der Waals surface area contributed by atoms with Crippen LogP contribution in [-0.4, -0.2) is 18.8 Å². The molecule has 0 saturated heterocycles. The Morgan fingerprint density at radius 3 is 2.78 bits per heavy atom. The van der Waals surface area contributed by atoms with E-state index in [4.69, 9.17) is 9.84 Å². The van der Waals surface area contributed by atoms with Crippen molar-refractivity contribution in [3.63, 3.8) is 0 Å². The van der Waals surface area contributed by atoms with Crippen molar-refractivity contribution in [1.29, 1.82) is 0 Å². The number of aryl methyl sites for hydroxylation is 1. The van der Waals surface area contributed by atoms with Gasteiger partial charge in [-0.2, -0.15) is 0 Å². The number of aliphatic hydroxyl groups is 1. The van der Waals surface area contributed by atoms with Gasteiger partial charge in [0, 0.05) is 6.61 Å². The molecule has 0 aromatic heterocycles. The summed E-state index contributed by atoms with van der Waals surface area (Å²) in [7, 11) is 1.73. The molecule has 0 heterocycles. The molecule has 18 heavy (non-hydrogen) atoms. The molecule has 100 valence electrons. The molecule has 0 unspecified atom stereocenters. The summed E-state index contributed by atoms with van der Waals surface area (Å²) in [5.41, 5.74) is 4.24. The molecular formula is C15H21BrO2. The van der Waals surface area contributed by atoms with Crippen LogP contribution < -0.4 is 4.74 Å². The van der Waals surface area contributed by atoms with Crippen LogP contribution in [0.4, 0.5) is 0 Å². The van der Waals surface area contributed by atoms with Crippen LogP contribution in [0.2, 0.25) is 0 Å². The van der Waals surface area contributed by atoms with Crippen LogP contribution in [0.1, 0.15) is 42.4 Å². The largest absolute Gasteiger partial charge is 0.495 e. The summed E-state index contributed by atoms with van der Waals surface area (Å²) in [6, 6.07) is 2.22. The highest BCUT2D eigenvalue weighted by Crippen LogP contribution is 2.37. The number of hydrogen-bond donors (Lipinski definition) is 1. The van der Waals surface area contributed by atoms with Crippen molar-refractivity contribution in [3.05, 3.63) is 27.2 Å². The number of fused-ring (bicyclic) bond motifs is 1. The third-order valence-electron chi connectivity index (χ3n) is 3.71. The van der Waals surface area contributed by atoms with Crippen molar-refractivity contribution in [2.45, 2.75) is 44.9 Å². The van der Waals surface area contributed by atoms with Gasteiger partial charge in [0.25, 0.3) is 0 Å². The SMILES string of the molecule is COc1c(Br)cc2c(c1CCCO)CCCCC2. The van der Waals surface area contributed by atoms with Gasteiger partial charge in [-0.1, -0.05) is 6.42 Å². The monoisotopic (exact) mass is 312 g/mol. The van der Waals surface area contributed by atoms with E-state index in [9.17, 15) is 0 Å². The summed E-state index contributed by atoms with van der Waals surface area (Å²) in [6.45, 7) is 0.241. The van der Waals surface area contributed by atoms with Crippen LogP contribution in [0, 0.1) is 0 Å². The van der Waals surface area contributed by atoms with Gasteiger partial charge in [-0.25, -0.2) is 0 Å². The molecule has 0 spiro atoms. The maximum absolute atomic E-state index is 9.07. The summed E-state index contributed by atoms with van der Waals surface area (Å²) in [6.07, 6.45) is 7.90. The molecule has 1 aliphatic carbocycles. The third-order valence-corrected chi connectivity index (χ3v) is 4.29. The number of hydrogen-bond acceptors (Lipinski definition) is 2. The Morgan fingerprint density at radius 1 is 1.28 bits per heavy atom. The van der Waals surface area contributed by atoms with Gasteiger partial charge < -0.3 is 9.84 Å². The Hall–Kier alpha value is -0.540. The van der Waals surface area contributed by atoms with Gasteiger partial charge in [0.2, 0.25) is 0 Å². The van der Waals surface area contributed by atoms with E-state index in [2.05, 4.69) is 22.0 Å². The zero-order valence-electron chi connectivity index (χ0n) is 11.0. The van der Waals surface area contributed by atoms with E-state index in [-0.39, 0.29) is 6.61 Å². The van der Waals surface area contributed by atoms with Gasteiger partial charge in [-0.3, -0.25) is 0 Å². The highest BCUT2D eigenvalue weighted by atomic mass is 79.9. The lowest BCUT2D eigenvalue weighted by atomic mass is 9.93. The van der Waals surface area contributed by atoms with E-state index in [0.29, 0.717) is 0 Å². The Morgan fingerprint density at radius 2 is 2.06 bits per heavy atom. The number of methoxy groups -OCH3 is 1. The molecule has 0 aliphatic heterocycles. The van der Waals surface area contributed by atoms with Gasteiger partial charge in [0.15, 0.2) is 0 Å². The molecule has 0 radical (unpaired) electrons. The fraction of sp³-hybridized carbons (Fsp3) is 0.600. The minimum atomic E-state index is 0.241. The zero-order chi connectivity index (χ0) is 13.0. The third kappa shape index (κ3) is 2.89. The fourth-order valence-corrected chi connectivity index (χ4v) is 3.53. The van der Waals surface area contributed by atoms with Gasteiger partial charge in [-0.05, 0) is 77.2 Å². The van der Waals surface area contributed by atoms with E-state index in [1.54, 1.807) is 7.11 Å². The summed E-state index contributed by atoms with van der Waals surface area (Å²) in [5.74, 6) is 0.962. The highest BCUT2D eigenvalue weighted by Gasteiger charge is 2.18. The normalized spacial score (nSPS) is 15.1. The molecule has 1 aliphatic rings. The van der Waals surface area contributed by atoms with E-state index >= 15 is 0 Å². The van der Waals surface area contributed by atoms with Crippen LogP contribution >= 0.6 is 15.9 Å². The maximum atomic E-state index is 9.07. The average molecular weight is 313 g/mol. The lowest BCUT2D eigenvalue weighted by Gasteiger charge is -2.18. The summed E-state index contributed by atoms with van der Waals surface area (Å²) in [4.78, 5) is 0. The van der Waals surface area contributed by atoms with E-state index in [0.717, 1.165) is 29.5 Å². The van der Waals surface area contributed by atoms with E-state index in [1.807, 2.05) is 0 Å². The van der Waals surface area contributed by atoms with E-state index in [1.165, 1.54) is 42.4 Å². The summed E-state index contributed by atoms with van der Waals surface area (Å²) >= 11 is 3.62. The van der Waals surface area contributed by atoms with Crippen LogP contribution in [-0.2, 0) is 19.3 Å². The van der Waals surface area contributed by atoms with Crippen molar-refractivity contribution in [2.24, 2.45) is 0 Å². The molecule has 0 saturated carbocycles. The lowest BCUT2D eigenvalue weighted by molar-refractivity contribution is 0.287. The van der Waals surface area contributed by atoms with Crippen LogP contribution in [0.5, 0.6) is 5.75 Å². The Bertz CT molecular complexity index is 415. The standard InChI is InChI=1S/C15H21BrO2/c1-18-15-13(8-5-9-17)12-7-4-2-3-6-11(12)10-14(15)16/h10,17H,2-9H2,1H3. The molecule has 1 aromatic rings. The highest BCUT2D eigenvalue weighted by molar-refractivity contribution is 9.10. The van der Waals surface area contributed by atoms with Gasteiger partial charge >= 0.3 is 0 Å². The second-order valence-electron chi connectivity index (χ2n) is 4.90. The number of aliphatic hydroxyl groups excluding tert-OH is 1. The zero-order valence-corrected chi connectivity index (χ0v) is 12.6. The first-order valence-electron chi connectivity index (χ1n) is 6.76. The minimum absolute atomic E-state index is 0.241. The molecule has 0 atom stereocenters. The maximum Gasteiger partial charge on any atom is 0.136 e. The first kappa shape index (κ1) is 13.9. The Kier molecular flexibility index (Phi) is 5.07. The molecule has 3 heteroatoms. The summed E-state index contributed by atoms with van der Waals surface area (Å²) < 4.78 is 6.61. The number of ether oxygens (including phenoxy) is 1. The molecule has 0 amide bonds. The topological polar surface area (TPSA) is 29.5 Å². The predicted molar refractivity (Wildman–Crippen MR) is 77.4 cm³/mol. The van der Waals surface area contributed by atoms with Gasteiger partial charge in [-0.15, -0.1) is 0 Å². The number of benzene rings is 1. The number of halogens is 1. The fourth-order valence-electron chi connectivity index (χ4n) is 2.85. The average Bonchev–Trinajstić information content (AvgIpc) is 2.60. The molecule has 2 rings (SSSR count). The smallest absolute Gasteiger partial charge is 0.136 e. The molecule has 0 fully saturated rings. The minimum Gasteiger partial charge on any atom is -0.495 e. The summed E-state index contributed by atoms with van der Waals surface area (Å²) in [5, 5.41) is 9.07. The van der Waals surface area contributed by atoms with Crippen molar-refractivity contribution in [2.75, 3.05) is 13.7 Å². The van der Waals surface area contributed by atoms with Gasteiger partial charge in [0.1, 0.15) is 5.75 Å². The first-order chi connectivity index (χ1) is 8.77. The van der Waals surface area contributed by atoms with Crippen LogP contribution in [0.3, 0.4) is 0 Å². The molecular weight excluding hydrogens is 292 g/mol. The lowest BCUT2D eigenvalue weighted by Crippen LogP contribution is -2.04. The molecule has 0 bridgehead atoms. The second-order valence-corrected chi connectivity index (χ2v) is 5.75. The Labute approximate surface area is 117 Å². The van der Waals surface area contributed by atoms with Crippen LogP contribution in [0.15, 0.2) is 10.5 Å².